The van der Waals surface area contributed by atoms with Crippen molar-refractivity contribution in [1.82, 2.24) is 0 Å². The summed E-state index contributed by atoms with van der Waals surface area (Å²) in [5, 5.41) is 8.90. The van der Waals surface area contributed by atoms with Gasteiger partial charge >= 0.3 is 0 Å². The van der Waals surface area contributed by atoms with Crippen LogP contribution in [0.5, 0.6) is 0 Å². The smallest absolute Gasteiger partial charge is 0.289 e. The first-order valence-electron chi connectivity index (χ1n) is 4.07. The Hall–Kier alpha value is 0.0600. The van der Waals surface area contributed by atoms with Gasteiger partial charge in [0.15, 0.2) is 0 Å². The van der Waals surface area contributed by atoms with Gasteiger partial charge in [0.2, 0.25) is 0 Å². The molecule has 0 radical (unpaired) electrons. The predicted octanol–water partition coefficient (Wildman–Crippen LogP) is 3.15. The number of nitrogens with two attached hydrogens (primary N) is 1. The number of aliphatic hydroxyl groups is 1. The lowest BCUT2D eigenvalue weighted by Gasteiger charge is -2.21. The number of hydrogen-bond donors (Lipinski definition) is 2. The first-order valence-corrected chi connectivity index (χ1v) is 5.25. The first kappa shape index (κ1) is 16.1. The number of aliphatic hydroxyl groups excluding tert-OH is 1. The largest absolute Gasteiger partial charge is 0.390 e. The average Bonchev–Trinajstić information content (AvgIpc) is 2.21. The molecule has 0 fully saturated rings. The van der Waals surface area contributed by atoms with E-state index in [4.69, 9.17) is 22.4 Å². The molecule has 0 unspecified atom stereocenters. The van der Waals surface area contributed by atoms with Gasteiger partial charge in [0.25, 0.3) is 5.92 Å². The van der Waals surface area contributed by atoms with E-state index in [1.165, 1.54) is 18.2 Å². The number of halogens is 5. The minimum atomic E-state index is -3.34. The molecule has 7 heteroatoms. The van der Waals surface area contributed by atoms with E-state index in [1.54, 1.807) is 0 Å². The Labute approximate surface area is 111 Å². The molecule has 0 aliphatic carbocycles. The molecule has 0 amide bonds. The molecule has 3 N–H and O–H groups in total. The second-order valence-corrected chi connectivity index (χ2v) is 4.33. The molecule has 0 spiro atoms. The molecule has 16 heavy (non-hydrogen) atoms. The maximum Gasteiger partial charge on any atom is 0.289 e. The van der Waals surface area contributed by atoms with E-state index >= 15 is 0 Å². The van der Waals surface area contributed by atoms with Gasteiger partial charge in [-0.3, -0.25) is 0 Å². The van der Waals surface area contributed by atoms with Crippen molar-refractivity contribution in [3.8, 4) is 0 Å². The predicted molar refractivity (Wildman–Crippen MR) is 65.4 cm³/mol. The SMILES string of the molecule is Cl.N[C@H](c1ccc(Cl)c(Br)c1)C(F)(F)CO. The van der Waals surface area contributed by atoms with E-state index in [2.05, 4.69) is 15.9 Å². The monoisotopic (exact) mass is 335 g/mol. The molecule has 2 nitrogen and oxygen atoms in total. The fourth-order valence-corrected chi connectivity index (χ4v) is 1.56. The van der Waals surface area contributed by atoms with Crippen LogP contribution >= 0.6 is 39.9 Å². The van der Waals surface area contributed by atoms with Gasteiger partial charge in [0, 0.05) is 4.47 Å². The van der Waals surface area contributed by atoms with Crippen molar-refractivity contribution in [2.75, 3.05) is 6.61 Å². The normalized spacial score (nSPS) is 13.1. The highest BCUT2D eigenvalue weighted by Crippen LogP contribution is 2.32. The van der Waals surface area contributed by atoms with Crippen LogP contribution in [0.1, 0.15) is 11.6 Å². The second-order valence-electron chi connectivity index (χ2n) is 3.07. The van der Waals surface area contributed by atoms with Crippen molar-refractivity contribution in [3.63, 3.8) is 0 Å². The van der Waals surface area contributed by atoms with E-state index in [9.17, 15) is 8.78 Å². The zero-order valence-corrected chi connectivity index (χ0v) is 11.1. The molecule has 1 aromatic rings. The van der Waals surface area contributed by atoms with Gasteiger partial charge < -0.3 is 10.8 Å². The lowest BCUT2D eigenvalue weighted by molar-refractivity contribution is -0.0711. The van der Waals surface area contributed by atoms with Crippen molar-refractivity contribution in [1.29, 1.82) is 0 Å². The Morgan fingerprint density at radius 1 is 1.50 bits per heavy atom. The minimum Gasteiger partial charge on any atom is -0.390 e. The van der Waals surface area contributed by atoms with Gasteiger partial charge in [-0.15, -0.1) is 12.4 Å². The summed E-state index contributed by atoms with van der Waals surface area (Å²) >= 11 is 8.82. The zero-order chi connectivity index (χ0) is 11.6. The molecule has 0 saturated heterocycles. The number of alkyl halides is 2. The summed E-state index contributed by atoms with van der Waals surface area (Å²) in [5.41, 5.74) is 5.54. The summed E-state index contributed by atoms with van der Waals surface area (Å²) in [6, 6.07) is 2.74. The lowest BCUT2D eigenvalue weighted by Crippen LogP contribution is -2.36. The van der Waals surface area contributed by atoms with Crippen LogP contribution in [0.25, 0.3) is 0 Å². The summed E-state index contributed by atoms with van der Waals surface area (Å²) in [6.07, 6.45) is 0. The summed E-state index contributed by atoms with van der Waals surface area (Å²) in [7, 11) is 0. The number of rotatable bonds is 3. The molecule has 0 aromatic heterocycles. The molecular formula is C9H10BrCl2F2NO. The summed E-state index contributed by atoms with van der Waals surface area (Å²) in [5.74, 6) is -3.34. The Morgan fingerprint density at radius 2 is 2.06 bits per heavy atom. The van der Waals surface area contributed by atoms with Crippen LogP contribution in [0.3, 0.4) is 0 Å². The molecule has 0 bridgehead atoms. The van der Waals surface area contributed by atoms with Crippen molar-refractivity contribution in [2.45, 2.75) is 12.0 Å². The van der Waals surface area contributed by atoms with Crippen LogP contribution in [-0.2, 0) is 0 Å². The summed E-state index contributed by atoms with van der Waals surface area (Å²) < 4.78 is 26.6. The molecular weight excluding hydrogens is 327 g/mol. The van der Waals surface area contributed by atoms with Gasteiger partial charge in [-0.05, 0) is 33.6 Å². The molecule has 1 rings (SSSR count). The molecule has 0 aliphatic heterocycles. The van der Waals surface area contributed by atoms with Crippen LogP contribution in [0, 0.1) is 0 Å². The van der Waals surface area contributed by atoms with E-state index in [0.717, 1.165) is 0 Å². The maximum absolute atomic E-state index is 13.0. The van der Waals surface area contributed by atoms with Crippen LogP contribution in [0.15, 0.2) is 22.7 Å². The fourth-order valence-electron chi connectivity index (χ4n) is 1.05. The minimum absolute atomic E-state index is 0. The second kappa shape index (κ2) is 6.12. The fraction of sp³-hybridized carbons (Fsp3) is 0.333. The van der Waals surface area contributed by atoms with Gasteiger partial charge in [-0.1, -0.05) is 17.7 Å². The van der Waals surface area contributed by atoms with Crippen LogP contribution in [-0.4, -0.2) is 17.6 Å². The molecule has 92 valence electrons. The van der Waals surface area contributed by atoms with Gasteiger partial charge in [-0.25, -0.2) is 8.78 Å². The highest BCUT2D eigenvalue weighted by Gasteiger charge is 2.37. The topological polar surface area (TPSA) is 46.2 Å². The Balaban J connectivity index is 0.00000225. The standard InChI is InChI=1S/C9H9BrClF2NO.ClH/c10-6-3-5(1-2-7(6)11)8(14)9(12,13)4-15;/h1-3,8,15H,4,14H2;1H/t8-;/m1./s1. The van der Waals surface area contributed by atoms with Crippen molar-refractivity contribution >= 4 is 39.9 Å². The highest BCUT2D eigenvalue weighted by molar-refractivity contribution is 9.10. The van der Waals surface area contributed by atoms with Crippen LogP contribution in [0.2, 0.25) is 5.02 Å². The molecule has 1 atom stereocenters. The Bertz CT molecular complexity index is 365. The van der Waals surface area contributed by atoms with E-state index in [-0.39, 0.29) is 18.0 Å². The Kier molecular flexibility index (Phi) is 6.14. The molecule has 1 aromatic carbocycles. The van der Waals surface area contributed by atoms with E-state index in [1.807, 2.05) is 0 Å². The van der Waals surface area contributed by atoms with E-state index < -0.39 is 18.6 Å². The third kappa shape index (κ3) is 3.53. The average molecular weight is 337 g/mol. The molecule has 0 aliphatic rings. The van der Waals surface area contributed by atoms with Crippen molar-refractivity contribution in [2.24, 2.45) is 5.73 Å². The van der Waals surface area contributed by atoms with E-state index in [0.29, 0.717) is 9.50 Å². The zero-order valence-electron chi connectivity index (χ0n) is 7.96. The third-order valence-electron chi connectivity index (χ3n) is 1.97. The van der Waals surface area contributed by atoms with Gasteiger partial charge in [-0.2, -0.15) is 0 Å². The summed E-state index contributed by atoms with van der Waals surface area (Å²) in [6.45, 7) is -1.28. The first-order chi connectivity index (χ1) is 6.88. The van der Waals surface area contributed by atoms with Gasteiger partial charge in [0.1, 0.15) is 6.61 Å². The maximum atomic E-state index is 13.0. The highest BCUT2D eigenvalue weighted by atomic mass is 79.9. The quantitative estimate of drug-likeness (QED) is 0.890. The number of hydrogen-bond acceptors (Lipinski definition) is 2. The Morgan fingerprint density at radius 3 is 2.50 bits per heavy atom. The van der Waals surface area contributed by atoms with Crippen LogP contribution < -0.4 is 5.73 Å². The van der Waals surface area contributed by atoms with Crippen LogP contribution in [0.4, 0.5) is 8.78 Å². The van der Waals surface area contributed by atoms with Gasteiger partial charge in [0.05, 0.1) is 11.1 Å². The number of benzene rings is 1. The molecule has 0 saturated carbocycles. The third-order valence-corrected chi connectivity index (χ3v) is 3.18. The van der Waals surface area contributed by atoms with Crippen molar-refractivity contribution in [3.05, 3.63) is 33.3 Å². The van der Waals surface area contributed by atoms with Crippen molar-refractivity contribution < 1.29 is 13.9 Å². The lowest BCUT2D eigenvalue weighted by atomic mass is 10.0. The summed E-state index contributed by atoms with van der Waals surface area (Å²) in [4.78, 5) is 0. The molecule has 0 heterocycles.